The van der Waals surface area contributed by atoms with Gasteiger partial charge in [0.2, 0.25) is 47.3 Å². The fraction of sp³-hybridized carbons (Fsp3) is 0.633. The first kappa shape index (κ1) is 65.6. The number of carbonyl (C=O) groups is 8. The van der Waals surface area contributed by atoms with Crippen LogP contribution in [0.15, 0.2) is 66.9 Å². The molecule has 0 saturated carbocycles. The lowest BCUT2D eigenvalue weighted by Crippen LogP contribution is -2.58. The highest BCUT2D eigenvalue weighted by Crippen LogP contribution is 2.36. The molecule has 25 heteroatoms. The van der Waals surface area contributed by atoms with Crippen molar-refractivity contribution in [1.82, 2.24) is 67.3 Å². The maximum atomic E-state index is 14.3. The second kappa shape index (κ2) is 33.7. The van der Waals surface area contributed by atoms with E-state index >= 15 is 0 Å². The molecule has 4 aliphatic rings. The highest BCUT2D eigenvalue weighted by Gasteiger charge is 2.49. The van der Waals surface area contributed by atoms with Crippen LogP contribution < -0.4 is 42.5 Å². The predicted octanol–water partition coefficient (Wildman–Crippen LogP) is 0.164. The van der Waals surface area contributed by atoms with Gasteiger partial charge in [0.05, 0.1) is 44.2 Å². The Hall–Kier alpha value is -6.90. The van der Waals surface area contributed by atoms with Gasteiger partial charge in [-0.05, 0) is 103 Å². The summed E-state index contributed by atoms with van der Waals surface area (Å²) in [5.74, 6) is -3.62. The van der Waals surface area contributed by atoms with Gasteiger partial charge in [0.1, 0.15) is 30.2 Å². The zero-order chi connectivity index (χ0) is 60.7. The number of aliphatic hydroxyl groups is 1. The third-order valence-electron chi connectivity index (χ3n) is 16.7. The zero-order valence-electron chi connectivity index (χ0n) is 49.6. The number of nitrogens with zero attached hydrogens (tertiary/aromatic N) is 5. The van der Waals surface area contributed by atoms with E-state index in [0.717, 1.165) is 5.56 Å². The standard InChI is InChI=1S/C60H89N13O12/c1-39(61-3)54(76)67-52-43(17-20-46-22-24-48(72(46)59(52)81)56(78)65-35-41-13-7-5-8-14-41)36-64-50(75)26-19-45-37-71(70-69-45)28-12-30-84-32-34-85-33-31-83-29-11-27-63-58(80)51(42-15-9-6-10-16-42)66-57(79)49-25-23-47-21-18-44(38-74)53(60(82)73(47)49)68-55(77)40(2)62-4/h5-10,13-16,37,39-40,43-44,46-49,51-53,61-62,74H,11-12,17-36,38H2,1-4H3,(H,63,80)(H,64,75)(H,65,78)(H,66,79)(H,67,76)(H,68,77)/t39-,40-,43+,44+,46-,47-,48-,49-,51-,52-,53-/m0/s1. The van der Waals surface area contributed by atoms with Gasteiger partial charge in [-0.1, -0.05) is 65.9 Å². The van der Waals surface area contributed by atoms with E-state index in [1.54, 1.807) is 72.9 Å². The summed E-state index contributed by atoms with van der Waals surface area (Å²) >= 11 is 0. The van der Waals surface area contributed by atoms with Crippen molar-refractivity contribution in [3.63, 3.8) is 0 Å². The van der Waals surface area contributed by atoms with Gasteiger partial charge in [-0.2, -0.15) is 0 Å². The molecule has 0 spiro atoms. The lowest BCUT2D eigenvalue weighted by Gasteiger charge is -2.33. The summed E-state index contributed by atoms with van der Waals surface area (Å²) in [5.41, 5.74) is 2.20. The Kier molecular flexibility index (Phi) is 26.0. The number of rotatable bonds is 33. The molecule has 7 rings (SSSR count). The van der Waals surface area contributed by atoms with Crippen molar-refractivity contribution in [3.8, 4) is 0 Å². The van der Waals surface area contributed by atoms with Crippen LogP contribution in [0.1, 0.15) is 107 Å². The van der Waals surface area contributed by atoms with Crippen LogP contribution in [0.2, 0.25) is 0 Å². The SMILES string of the molecule is CN[C@@H](C)C(=O)N[C@@H]1C(=O)N2[C@@H](CC[C@@H]1CNC(=O)CCc1cn(CCCOCCOCCOCCCNC(=O)[C@@H](NC(=O)[C@@H]3CC[C@@H]4CC[C@H](CO)[C@H](NC(=O)[C@H](C)NC)C(=O)N43)c3ccccc3)nn1)CC[C@H]2C(=O)NCc1ccccc1. The summed E-state index contributed by atoms with van der Waals surface area (Å²) in [6, 6.07) is 12.6. The van der Waals surface area contributed by atoms with Crippen molar-refractivity contribution in [2.45, 2.75) is 158 Å². The van der Waals surface area contributed by atoms with Crippen LogP contribution >= 0.6 is 0 Å². The average Bonchev–Trinajstić information content (AvgIpc) is 4.28. The largest absolute Gasteiger partial charge is 0.396 e. The average molecular weight is 1180 g/mol. The Labute approximate surface area is 497 Å². The van der Waals surface area contributed by atoms with Gasteiger partial charge >= 0.3 is 0 Å². The number of hydrogen-bond acceptors (Lipinski definition) is 16. The van der Waals surface area contributed by atoms with Crippen LogP contribution in [0.3, 0.4) is 0 Å². The molecular formula is C60H89N13O12. The van der Waals surface area contributed by atoms with E-state index in [2.05, 4.69) is 52.8 Å². The van der Waals surface area contributed by atoms with Crippen LogP contribution in [0.5, 0.6) is 0 Å². The van der Waals surface area contributed by atoms with Gasteiger partial charge in [0, 0.05) is 89.0 Å². The number of aryl methyl sites for hydroxylation is 2. The van der Waals surface area contributed by atoms with Gasteiger partial charge < -0.3 is 71.7 Å². The molecule has 2 aromatic carbocycles. The number of benzene rings is 2. The van der Waals surface area contributed by atoms with Crippen LogP contribution in [-0.2, 0) is 72.1 Å². The Bertz CT molecular complexity index is 2650. The van der Waals surface area contributed by atoms with Crippen molar-refractivity contribution in [2.24, 2.45) is 11.8 Å². The molecule has 0 unspecified atom stereocenters. The van der Waals surface area contributed by atoms with Gasteiger partial charge in [-0.25, -0.2) is 0 Å². The van der Waals surface area contributed by atoms with Crippen LogP contribution in [-0.4, -0.2) is 199 Å². The molecule has 1 aromatic heterocycles. The first-order valence-electron chi connectivity index (χ1n) is 30.2. The summed E-state index contributed by atoms with van der Waals surface area (Å²) in [5, 5.41) is 42.0. The van der Waals surface area contributed by atoms with Crippen molar-refractivity contribution >= 4 is 47.3 Å². The topological polar surface area (TPSA) is 318 Å². The lowest BCUT2D eigenvalue weighted by molar-refractivity contribution is -0.144. The summed E-state index contributed by atoms with van der Waals surface area (Å²) < 4.78 is 18.8. The molecule has 9 N–H and O–H groups in total. The molecule has 25 nitrogen and oxygen atoms in total. The molecule has 0 bridgehead atoms. The minimum Gasteiger partial charge on any atom is -0.396 e. The molecule has 5 heterocycles. The summed E-state index contributed by atoms with van der Waals surface area (Å²) in [6.45, 7) is 6.78. The number of carbonyl (C=O) groups excluding carboxylic acids is 8. The molecule has 3 aromatic rings. The zero-order valence-corrected chi connectivity index (χ0v) is 49.6. The quantitative estimate of drug-likeness (QED) is 0.0367. The van der Waals surface area contributed by atoms with E-state index in [0.29, 0.717) is 141 Å². The smallest absolute Gasteiger partial charge is 0.247 e. The van der Waals surface area contributed by atoms with Crippen molar-refractivity contribution in [3.05, 3.63) is 83.7 Å². The molecule has 85 heavy (non-hydrogen) atoms. The minimum absolute atomic E-state index is 0.143. The van der Waals surface area contributed by atoms with E-state index < -0.39 is 65.9 Å². The van der Waals surface area contributed by atoms with Crippen molar-refractivity contribution < 1.29 is 57.7 Å². The molecule has 4 fully saturated rings. The fourth-order valence-corrected chi connectivity index (χ4v) is 11.6. The molecule has 4 aliphatic heterocycles. The van der Waals surface area contributed by atoms with Crippen LogP contribution in [0, 0.1) is 11.8 Å². The van der Waals surface area contributed by atoms with E-state index in [1.165, 1.54) is 0 Å². The first-order valence-corrected chi connectivity index (χ1v) is 30.2. The normalized spacial score (nSPS) is 23.1. The maximum absolute atomic E-state index is 14.3. The molecule has 8 amide bonds. The van der Waals surface area contributed by atoms with Gasteiger partial charge in [-0.15, -0.1) is 5.10 Å². The Morgan fingerprint density at radius 2 is 1.18 bits per heavy atom. The second-order valence-corrected chi connectivity index (χ2v) is 22.5. The highest BCUT2D eigenvalue weighted by molar-refractivity contribution is 5.96. The van der Waals surface area contributed by atoms with Gasteiger partial charge in [0.25, 0.3) is 0 Å². The molecule has 4 saturated heterocycles. The Balaban J connectivity index is 0.740. The predicted molar refractivity (Wildman–Crippen MR) is 312 cm³/mol. The Morgan fingerprint density at radius 1 is 0.635 bits per heavy atom. The maximum Gasteiger partial charge on any atom is 0.247 e. The fourth-order valence-electron chi connectivity index (χ4n) is 11.6. The second-order valence-electron chi connectivity index (χ2n) is 22.5. The van der Waals surface area contributed by atoms with E-state index in [-0.39, 0.29) is 67.1 Å². The molecule has 466 valence electrons. The first-order chi connectivity index (χ1) is 41.2. The Morgan fingerprint density at radius 3 is 1.78 bits per heavy atom. The number of aromatic nitrogens is 3. The van der Waals surface area contributed by atoms with Crippen LogP contribution in [0.25, 0.3) is 0 Å². The summed E-state index contributed by atoms with van der Waals surface area (Å²) in [4.78, 5) is 112. The number of hydrogen-bond donors (Lipinski definition) is 9. The van der Waals surface area contributed by atoms with E-state index in [4.69, 9.17) is 14.2 Å². The van der Waals surface area contributed by atoms with Crippen LogP contribution in [0.4, 0.5) is 0 Å². The van der Waals surface area contributed by atoms with Crippen molar-refractivity contribution in [1.29, 1.82) is 0 Å². The van der Waals surface area contributed by atoms with Gasteiger partial charge in [-0.3, -0.25) is 43.0 Å². The monoisotopic (exact) mass is 1180 g/mol. The third-order valence-corrected chi connectivity index (χ3v) is 16.7. The van der Waals surface area contributed by atoms with Gasteiger partial charge in [0.15, 0.2) is 0 Å². The number of amides is 8. The van der Waals surface area contributed by atoms with Crippen molar-refractivity contribution in [2.75, 3.05) is 73.4 Å². The minimum atomic E-state index is -1.02. The van der Waals surface area contributed by atoms with E-state index in [1.807, 2.05) is 36.4 Å². The number of likely N-dealkylation sites (N-methyl/N-ethyl adjacent to an activating group) is 2. The molecule has 0 radical (unpaired) electrons. The number of fused-ring (bicyclic) bond motifs is 2. The van der Waals surface area contributed by atoms with E-state index in [9.17, 15) is 43.5 Å². The number of ether oxygens (including phenoxy) is 3. The molecule has 11 atom stereocenters. The summed E-state index contributed by atoms with van der Waals surface area (Å²) in [6.07, 6.45) is 8.02. The molecular weight excluding hydrogens is 1090 g/mol. The lowest BCUT2D eigenvalue weighted by atomic mass is 9.92. The third kappa shape index (κ3) is 18.8. The number of aliphatic hydroxyl groups excluding tert-OH is 1. The summed E-state index contributed by atoms with van der Waals surface area (Å²) in [7, 11) is 3.31. The highest BCUT2D eigenvalue weighted by atomic mass is 16.5. The number of nitrogens with one attached hydrogen (secondary N) is 8. The molecule has 0 aliphatic carbocycles.